The lowest BCUT2D eigenvalue weighted by atomic mass is 10.0. The molecule has 0 heterocycles. The number of carbonyl (C=O) groups is 2. The summed E-state index contributed by atoms with van der Waals surface area (Å²) in [7, 11) is 0. The lowest BCUT2D eigenvalue weighted by Gasteiger charge is -2.20. The van der Waals surface area contributed by atoms with E-state index >= 15 is 0 Å². The van der Waals surface area contributed by atoms with Gasteiger partial charge in [0.15, 0.2) is 0 Å². The molecule has 6 nitrogen and oxygen atoms in total. The summed E-state index contributed by atoms with van der Waals surface area (Å²) < 4.78 is 5.53. The summed E-state index contributed by atoms with van der Waals surface area (Å²) >= 11 is 0. The smallest absolute Gasteiger partial charge is 0.305 e. The molecule has 2 unspecified atom stereocenters. The first-order valence-electron chi connectivity index (χ1n) is 44.5. The molecule has 0 saturated carbocycles. The number of aliphatic hydroxyl groups is 2. The van der Waals surface area contributed by atoms with Crippen molar-refractivity contribution in [3.05, 3.63) is 12.2 Å². The van der Waals surface area contributed by atoms with Crippen molar-refractivity contribution >= 4 is 11.9 Å². The van der Waals surface area contributed by atoms with E-state index in [4.69, 9.17) is 4.74 Å². The predicted octanol–water partition coefficient (Wildman–Crippen LogP) is 29.8. The Morgan fingerprint density at radius 1 is 0.284 bits per heavy atom. The minimum absolute atomic E-state index is 0.0302. The highest BCUT2D eigenvalue weighted by molar-refractivity contribution is 5.76. The molecular formula is C89H175NO5. The third-order valence-corrected chi connectivity index (χ3v) is 21.3. The van der Waals surface area contributed by atoms with Crippen LogP contribution in [0.3, 0.4) is 0 Å². The fourth-order valence-corrected chi connectivity index (χ4v) is 14.6. The molecule has 2 atom stereocenters. The Morgan fingerprint density at radius 3 is 0.716 bits per heavy atom. The molecule has 1 amide bonds. The van der Waals surface area contributed by atoms with Crippen molar-refractivity contribution in [1.82, 2.24) is 5.32 Å². The number of aliphatic hydroxyl groups excluding tert-OH is 2. The van der Waals surface area contributed by atoms with Gasteiger partial charge in [-0.3, -0.25) is 9.59 Å². The number of esters is 1. The first-order chi connectivity index (χ1) is 47.0. The van der Waals surface area contributed by atoms with Crippen molar-refractivity contribution in [2.45, 2.75) is 533 Å². The van der Waals surface area contributed by atoms with Crippen LogP contribution in [0.4, 0.5) is 0 Å². The van der Waals surface area contributed by atoms with E-state index in [1.165, 1.54) is 456 Å². The maximum atomic E-state index is 12.6. The van der Waals surface area contributed by atoms with E-state index in [9.17, 15) is 19.8 Å². The number of nitrogens with one attached hydrogen (secondary N) is 1. The fraction of sp³-hybridized carbons (Fsp3) is 0.955. The summed E-state index contributed by atoms with van der Waals surface area (Å²) in [6.07, 6.45) is 110. The number of unbranched alkanes of at least 4 members (excludes halogenated alkanes) is 74. The van der Waals surface area contributed by atoms with Crippen LogP contribution in [-0.2, 0) is 14.3 Å². The summed E-state index contributed by atoms with van der Waals surface area (Å²) in [6.45, 7) is 4.98. The molecule has 0 rings (SSSR count). The van der Waals surface area contributed by atoms with Gasteiger partial charge in [-0.2, -0.15) is 0 Å². The zero-order valence-corrected chi connectivity index (χ0v) is 65.2. The van der Waals surface area contributed by atoms with Gasteiger partial charge in [0.2, 0.25) is 5.91 Å². The minimum atomic E-state index is -0.841. The monoisotopic (exact) mass is 1340 g/mol. The number of rotatable bonds is 85. The van der Waals surface area contributed by atoms with Gasteiger partial charge in [-0.15, -0.1) is 0 Å². The topological polar surface area (TPSA) is 95.9 Å². The average Bonchev–Trinajstić information content (AvgIpc) is 2.90. The largest absolute Gasteiger partial charge is 0.466 e. The zero-order chi connectivity index (χ0) is 68.4. The second-order valence-corrected chi connectivity index (χ2v) is 30.9. The molecule has 95 heavy (non-hydrogen) atoms. The van der Waals surface area contributed by atoms with Gasteiger partial charge in [-0.25, -0.2) is 0 Å². The standard InChI is InChI=1S/C89H175NO5/c1-3-5-7-9-11-13-15-17-19-21-23-46-49-53-57-61-65-69-73-77-81-87(92)86(85-91)90-88(93)82-78-74-70-66-62-58-54-50-47-43-41-39-37-35-33-31-29-27-25-24-26-28-30-32-34-36-38-40-42-44-48-52-56-60-64-68-72-76-80-84-95-89(94)83-79-75-71-67-63-59-55-51-45-22-20-18-16-14-12-10-8-6-4-2/h77,81,86-87,91-92H,3-76,78-80,82-85H2,1-2H3,(H,90,93)/b81-77+. The molecule has 566 valence electrons. The van der Waals surface area contributed by atoms with Gasteiger partial charge < -0.3 is 20.3 Å². The third-order valence-electron chi connectivity index (χ3n) is 21.3. The first-order valence-corrected chi connectivity index (χ1v) is 44.5. The minimum Gasteiger partial charge on any atom is -0.466 e. The molecule has 0 aromatic heterocycles. The van der Waals surface area contributed by atoms with Crippen molar-refractivity contribution in [2.75, 3.05) is 13.2 Å². The zero-order valence-electron chi connectivity index (χ0n) is 65.2. The van der Waals surface area contributed by atoms with Crippen LogP contribution in [0.5, 0.6) is 0 Å². The maximum absolute atomic E-state index is 12.6. The van der Waals surface area contributed by atoms with E-state index in [0.717, 1.165) is 38.5 Å². The predicted molar refractivity (Wildman–Crippen MR) is 421 cm³/mol. The van der Waals surface area contributed by atoms with E-state index in [1.54, 1.807) is 6.08 Å². The van der Waals surface area contributed by atoms with Gasteiger partial charge in [-0.05, 0) is 32.1 Å². The summed E-state index contributed by atoms with van der Waals surface area (Å²) in [6, 6.07) is -0.624. The second kappa shape index (κ2) is 85.0. The average molecular weight is 1340 g/mol. The molecule has 0 fully saturated rings. The Labute approximate surface area is 597 Å². The van der Waals surface area contributed by atoms with Gasteiger partial charge in [0.25, 0.3) is 0 Å². The normalized spacial score (nSPS) is 12.4. The lowest BCUT2D eigenvalue weighted by molar-refractivity contribution is -0.143. The van der Waals surface area contributed by atoms with Crippen molar-refractivity contribution in [3.63, 3.8) is 0 Å². The number of allylic oxidation sites excluding steroid dienone is 1. The number of amides is 1. The molecule has 0 radical (unpaired) electrons. The van der Waals surface area contributed by atoms with Crippen LogP contribution in [0.15, 0.2) is 12.2 Å². The van der Waals surface area contributed by atoms with Crippen molar-refractivity contribution in [2.24, 2.45) is 0 Å². The van der Waals surface area contributed by atoms with Crippen molar-refractivity contribution in [3.8, 4) is 0 Å². The maximum Gasteiger partial charge on any atom is 0.305 e. The van der Waals surface area contributed by atoms with E-state index < -0.39 is 12.1 Å². The number of carbonyl (C=O) groups excluding carboxylic acids is 2. The Bertz CT molecular complexity index is 1450. The van der Waals surface area contributed by atoms with Crippen LogP contribution in [0.1, 0.15) is 521 Å². The highest BCUT2D eigenvalue weighted by atomic mass is 16.5. The molecule has 0 saturated heterocycles. The van der Waals surface area contributed by atoms with Crippen LogP contribution in [0.25, 0.3) is 0 Å². The molecule has 6 heteroatoms. The van der Waals surface area contributed by atoms with Gasteiger partial charge in [0.05, 0.1) is 25.4 Å². The molecule has 0 spiro atoms. The van der Waals surface area contributed by atoms with E-state index in [-0.39, 0.29) is 18.5 Å². The number of ether oxygens (including phenoxy) is 1. The highest BCUT2D eigenvalue weighted by Gasteiger charge is 2.18. The molecule has 0 aliphatic rings. The molecule has 0 aromatic carbocycles. The summed E-state index contributed by atoms with van der Waals surface area (Å²) in [5, 5.41) is 23.3. The quantitative estimate of drug-likeness (QED) is 0.0320. The number of hydrogen-bond acceptors (Lipinski definition) is 5. The van der Waals surface area contributed by atoms with Crippen molar-refractivity contribution in [1.29, 1.82) is 0 Å². The molecule has 0 aliphatic carbocycles. The summed E-state index contributed by atoms with van der Waals surface area (Å²) in [4.78, 5) is 24.7. The van der Waals surface area contributed by atoms with Crippen LogP contribution in [-0.4, -0.2) is 47.4 Å². The fourth-order valence-electron chi connectivity index (χ4n) is 14.6. The highest BCUT2D eigenvalue weighted by Crippen LogP contribution is 2.21. The van der Waals surface area contributed by atoms with Crippen molar-refractivity contribution < 1.29 is 24.5 Å². The lowest BCUT2D eigenvalue weighted by Crippen LogP contribution is -2.45. The Hall–Kier alpha value is -1.40. The Morgan fingerprint density at radius 2 is 0.484 bits per heavy atom. The third kappa shape index (κ3) is 81.5. The van der Waals surface area contributed by atoms with Gasteiger partial charge in [-0.1, -0.05) is 488 Å². The summed E-state index contributed by atoms with van der Waals surface area (Å²) in [5.41, 5.74) is 0. The van der Waals surface area contributed by atoms with Crippen LogP contribution in [0.2, 0.25) is 0 Å². The molecule has 0 bridgehead atoms. The SMILES string of the molecule is CCCCCCCCCCCCCCCCCCCC/C=C/C(O)C(CO)NC(=O)CCCCCCCCCCCCCCCCCCCCCCCCCCCCCCCCCCCCCCCCCOC(=O)CCCCCCCCCCCCCCCCCCCCC. The van der Waals surface area contributed by atoms with Crippen LogP contribution >= 0.6 is 0 Å². The van der Waals surface area contributed by atoms with Gasteiger partial charge >= 0.3 is 5.97 Å². The molecule has 3 N–H and O–H groups in total. The molecule has 0 aliphatic heterocycles. The van der Waals surface area contributed by atoms with Crippen LogP contribution in [0, 0.1) is 0 Å². The first kappa shape index (κ1) is 93.6. The molecular weight excluding hydrogens is 1160 g/mol. The van der Waals surface area contributed by atoms with E-state index in [0.29, 0.717) is 19.4 Å². The molecule has 0 aromatic rings. The van der Waals surface area contributed by atoms with Gasteiger partial charge in [0, 0.05) is 12.8 Å². The second-order valence-electron chi connectivity index (χ2n) is 30.9. The Balaban J connectivity index is 3.29. The summed E-state index contributed by atoms with van der Waals surface area (Å²) in [5.74, 6) is -0.0262. The number of hydrogen-bond donors (Lipinski definition) is 3. The van der Waals surface area contributed by atoms with Gasteiger partial charge in [0.1, 0.15) is 0 Å². The van der Waals surface area contributed by atoms with Crippen LogP contribution < -0.4 is 5.32 Å². The Kier molecular flexibility index (Phi) is 83.8. The van der Waals surface area contributed by atoms with E-state index in [1.807, 2.05) is 6.08 Å². The van der Waals surface area contributed by atoms with E-state index in [2.05, 4.69) is 19.2 Å².